The van der Waals surface area contributed by atoms with Gasteiger partial charge < -0.3 is 20.8 Å². The van der Waals surface area contributed by atoms with Gasteiger partial charge in [0.15, 0.2) is 0 Å². The van der Waals surface area contributed by atoms with Crippen LogP contribution in [0, 0.1) is 11.6 Å². The number of hydrogen-bond acceptors (Lipinski definition) is 5. The molecule has 0 atom stereocenters. The van der Waals surface area contributed by atoms with Crippen LogP contribution < -0.4 is 21.3 Å². The van der Waals surface area contributed by atoms with Crippen LogP contribution in [0.5, 0.6) is 5.75 Å². The summed E-state index contributed by atoms with van der Waals surface area (Å²) >= 11 is 3.22. The van der Waals surface area contributed by atoms with Crippen LogP contribution in [0.4, 0.5) is 8.78 Å². The van der Waals surface area contributed by atoms with Gasteiger partial charge in [0.25, 0.3) is 11.5 Å². The van der Waals surface area contributed by atoms with Gasteiger partial charge in [-0.1, -0.05) is 18.2 Å². The fourth-order valence-corrected chi connectivity index (χ4v) is 3.96. The number of carbonyl (C=O) groups is 2. The Hall–Kier alpha value is -4.38. The minimum atomic E-state index is -0.818. The molecular formula is C26H19BrF2N4O4. The zero-order valence-electron chi connectivity index (χ0n) is 19.1. The monoisotopic (exact) mass is 568 g/mol. The molecule has 4 aromatic rings. The van der Waals surface area contributed by atoms with E-state index in [9.17, 15) is 23.2 Å². The molecule has 4 rings (SSSR count). The minimum Gasteiger partial charge on any atom is -0.487 e. The third kappa shape index (κ3) is 5.89. The normalized spacial score (nSPS) is 10.7. The number of nitrogens with zero attached hydrogens (tertiary/aromatic N) is 1. The van der Waals surface area contributed by atoms with E-state index in [1.807, 2.05) is 0 Å². The number of aromatic amines is 1. The van der Waals surface area contributed by atoms with E-state index in [1.54, 1.807) is 24.3 Å². The van der Waals surface area contributed by atoms with E-state index in [4.69, 9.17) is 10.5 Å². The molecule has 2 aromatic heterocycles. The van der Waals surface area contributed by atoms with E-state index in [-0.39, 0.29) is 45.9 Å². The van der Waals surface area contributed by atoms with Gasteiger partial charge in [-0.15, -0.1) is 0 Å². The molecule has 8 nitrogen and oxygen atoms in total. The molecule has 0 saturated heterocycles. The van der Waals surface area contributed by atoms with Gasteiger partial charge in [-0.3, -0.25) is 19.4 Å². The Morgan fingerprint density at radius 3 is 2.59 bits per heavy atom. The van der Waals surface area contributed by atoms with Gasteiger partial charge in [0, 0.05) is 34.6 Å². The van der Waals surface area contributed by atoms with Gasteiger partial charge in [0.2, 0.25) is 5.91 Å². The average molecular weight is 569 g/mol. The fraction of sp³-hybridized carbons (Fsp3) is 0.0769. The smallest absolute Gasteiger partial charge is 0.270 e. The predicted molar refractivity (Wildman–Crippen MR) is 135 cm³/mol. The Balaban J connectivity index is 1.78. The minimum absolute atomic E-state index is 0.00528. The molecule has 2 heterocycles. The summed E-state index contributed by atoms with van der Waals surface area (Å²) in [5, 5.41) is 2.69. The molecular weight excluding hydrogens is 550 g/mol. The van der Waals surface area contributed by atoms with Gasteiger partial charge in [0.05, 0.1) is 6.54 Å². The second-order valence-electron chi connectivity index (χ2n) is 7.82. The third-order valence-electron chi connectivity index (χ3n) is 5.34. The maximum Gasteiger partial charge on any atom is 0.270 e. The van der Waals surface area contributed by atoms with Crippen LogP contribution in [0.2, 0.25) is 0 Å². The molecule has 0 aliphatic heterocycles. The van der Waals surface area contributed by atoms with E-state index in [2.05, 4.69) is 31.2 Å². The highest BCUT2D eigenvalue weighted by Crippen LogP contribution is 2.37. The zero-order chi connectivity index (χ0) is 26.5. The molecule has 0 bridgehead atoms. The number of hydrogen-bond donors (Lipinski definition) is 3. The van der Waals surface area contributed by atoms with Crippen molar-refractivity contribution in [3.63, 3.8) is 0 Å². The summed E-state index contributed by atoms with van der Waals surface area (Å²) in [5.74, 6) is -2.70. The summed E-state index contributed by atoms with van der Waals surface area (Å²) in [4.78, 5) is 43.8. The highest BCUT2D eigenvalue weighted by atomic mass is 79.9. The number of halogens is 3. The lowest BCUT2D eigenvalue weighted by atomic mass is 10.00. The lowest BCUT2D eigenvalue weighted by Crippen LogP contribution is -2.26. The van der Waals surface area contributed by atoms with Crippen LogP contribution in [0.1, 0.15) is 32.1 Å². The number of carbonyl (C=O) groups excluding carboxylic acids is 2. The Morgan fingerprint density at radius 2 is 1.89 bits per heavy atom. The second kappa shape index (κ2) is 11.1. The Labute approximate surface area is 217 Å². The summed E-state index contributed by atoms with van der Waals surface area (Å²) in [6.45, 7) is -0.480. The van der Waals surface area contributed by atoms with Gasteiger partial charge >= 0.3 is 0 Å². The number of nitrogens with one attached hydrogen (secondary N) is 2. The molecule has 0 radical (unpaired) electrons. The topological polar surface area (TPSA) is 127 Å². The van der Waals surface area contributed by atoms with Crippen molar-refractivity contribution in [1.82, 2.24) is 15.3 Å². The van der Waals surface area contributed by atoms with Crippen LogP contribution >= 0.6 is 15.9 Å². The predicted octanol–water partition coefficient (Wildman–Crippen LogP) is 4.09. The second-order valence-corrected chi connectivity index (χ2v) is 8.61. The van der Waals surface area contributed by atoms with Gasteiger partial charge in [-0.25, -0.2) is 8.78 Å². The first kappa shape index (κ1) is 25.7. The number of benzene rings is 2. The lowest BCUT2D eigenvalue weighted by Gasteiger charge is -2.18. The Morgan fingerprint density at radius 1 is 1.08 bits per heavy atom. The van der Waals surface area contributed by atoms with Gasteiger partial charge in [-0.2, -0.15) is 0 Å². The van der Waals surface area contributed by atoms with E-state index >= 15 is 0 Å². The van der Waals surface area contributed by atoms with Crippen molar-refractivity contribution in [2.75, 3.05) is 0 Å². The number of ether oxygens (including phenoxy) is 1. The number of H-pyrrole nitrogens is 1. The van der Waals surface area contributed by atoms with Crippen molar-refractivity contribution in [1.29, 1.82) is 0 Å². The van der Waals surface area contributed by atoms with Gasteiger partial charge in [0.1, 0.15) is 34.2 Å². The first-order chi connectivity index (χ1) is 17.7. The number of primary amides is 1. The molecule has 0 aliphatic rings. The standard InChI is InChI=1S/C26H19BrF2N4O4/c27-22-23(37-13-16-7-8-17(28)11-18(16)29)21(14-4-3-5-15(10-14)24(30)34)20(33-26(22)36)12-32-25(35)19-6-1-2-9-31-19/h1-11H,12-13H2,(H2,30,34)(H,32,35)(H,33,36). The zero-order valence-corrected chi connectivity index (χ0v) is 20.6. The van der Waals surface area contributed by atoms with E-state index in [0.717, 1.165) is 12.1 Å². The van der Waals surface area contributed by atoms with Crippen LogP contribution in [0.25, 0.3) is 11.1 Å². The molecule has 11 heteroatoms. The first-order valence-electron chi connectivity index (χ1n) is 10.9. The van der Waals surface area contributed by atoms with Crippen LogP contribution in [-0.4, -0.2) is 21.8 Å². The van der Waals surface area contributed by atoms with Crippen molar-refractivity contribution in [2.24, 2.45) is 5.73 Å². The summed E-state index contributed by atoms with van der Waals surface area (Å²) in [6, 6.07) is 14.2. The quantitative estimate of drug-likeness (QED) is 0.295. The molecule has 0 aliphatic carbocycles. The summed E-state index contributed by atoms with van der Waals surface area (Å²) in [5.41, 5.74) is 6.28. The number of pyridine rings is 2. The largest absolute Gasteiger partial charge is 0.487 e. The van der Waals surface area contributed by atoms with Crippen molar-refractivity contribution in [3.8, 4) is 16.9 Å². The summed E-state index contributed by atoms with van der Waals surface area (Å²) in [6.07, 6.45) is 1.47. The molecule has 0 unspecified atom stereocenters. The Kier molecular flexibility index (Phi) is 7.73. The molecule has 0 spiro atoms. The highest BCUT2D eigenvalue weighted by Gasteiger charge is 2.21. The summed E-state index contributed by atoms with van der Waals surface area (Å²) in [7, 11) is 0. The molecule has 188 valence electrons. The number of amides is 2. The van der Waals surface area contributed by atoms with Gasteiger partial charge in [-0.05, 0) is 57.9 Å². The number of rotatable bonds is 8. The van der Waals surface area contributed by atoms with Crippen molar-refractivity contribution in [3.05, 3.63) is 116 Å². The van der Waals surface area contributed by atoms with E-state index < -0.39 is 29.0 Å². The maximum absolute atomic E-state index is 14.2. The molecule has 4 N–H and O–H groups in total. The molecule has 2 aromatic carbocycles. The van der Waals surface area contributed by atoms with Crippen LogP contribution in [-0.2, 0) is 13.2 Å². The van der Waals surface area contributed by atoms with Crippen LogP contribution in [0.3, 0.4) is 0 Å². The fourth-order valence-electron chi connectivity index (χ4n) is 3.55. The maximum atomic E-state index is 14.2. The summed E-state index contributed by atoms with van der Waals surface area (Å²) < 4.78 is 33.4. The molecule has 2 amide bonds. The lowest BCUT2D eigenvalue weighted by molar-refractivity contribution is 0.0944. The van der Waals surface area contributed by atoms with E-state index in [1.165, 1.54) is 30.5 Å². The average Bonchev–Trinajstić information content (AvgIpc) is 2.89. The highest BCUT2D eigenvalue weighted by molar-refractivity contribution is 9.10. The molecule has 0 saturated carbocycles. The Bertz CT molecular complexity index is 1540. The molecule has 0 fully saturated rings. The first-order valence-corrected chi connectivity index (χ1v) is 11.6. The van der Waals surface area contributed by atoms with Crippen LogP contribution in [0.15, 0.2) is 76.1 Å². The number of nitrogens with two attached hydrogens (primary N) is 1. The number of aromatic nitrogens is 2. The van der Waals surface area contributed by atoms with E-state index in [0.29, 0.717) is 11.1 Å². The van der Waals surface area contributed by atoms with Crippen molar-refractivity contribution >= 4 is 27.7 Å². The SMILES string of the molecule is NC(=O)c1cccc(-c2c(CNC(=O)c3ccccn3)[nH]c(=O)c(Br)c2OCc2ccc(F)cc2F)c1. The molecule has 37 heavy (non-hydrogen) atoms. The van der Waals surface area contributed by atoms with Crippen molar-refractivity contribution < 1.29 is 23.1 Å². The van der Waals surface area contributed by atoms with Crippen molar-refractivity contribution in [2.45, 2.75) is 13.2 Å². The third-order valence-corrected chi connectivity index (χ3v) is 6.06.